The van der Waals surface area contributed by atoms with Crippen LogP contribution in [0.4, 0.5) is 4.39 Å². The van der Waals surface area contributed by atoms with Crippen molar-refractivity contribution in [1.82, 2.24) is 4.90 Å². The third-order valence-electron chi connectivity index (χ3n) is 5.86. The summed E-state index contributed by atoms with van der Waals surface area (Å²) in [4.78, 5) is 27.5. The molecule has 2 saturated heterocycles. The number of halogens is 1. The normalized spacial score (nSPS) is 22.4. The molecule has 1 amide bonds. The van der Waals surface area contributed by atoms with Crippen LogP contribution in [-0.2, 0) is 14.3 Å². The zero-order valence-corrected chi connectivity index (χ0v) is 18.8. The molecule has 2 aliphatic heterocycles. The maximum atomic E-state index is 13.6. The van der Waals surface area contributed by atoms with Crippen molar-refractivity contribution in [1.29, 1.82) is 0 Å². The molecule has 2 atom stereocenters. The van der Waals surface area contributed by atoms with Crippen LogP contribution in [0.25, 0.3) is 5.76 Å². The zero-order chi connectivity index (χ0) is 23.5. The van der Waals surface area contributed by atoms with Crippen LogP contribution in [0.3, 0.4) is 0 Å². The molecule has 2 heterocycles. The molecular formula is C26H28FNO5. The molecule has 2 fully saturated rings. The quantitative estimate of drug-likeness (QED) is 0.381. The fourth-order valence-electron chi connectivity index (χ4n) is 4.20. The van der Waals surface area contributed by atoms with Gasteiger partial charge in [-0.1, -0.05) is 26.0 Å². The van der Waals surface area contributed by atoms with E-state index >= 15 is 0 Å². The molecule has 174 valence electrons. The Labute approximate surface area is 192 Å². The van der Waals surface area contributed by atoms with Gasteiger partial charge in [-0.25, -0.2) is 4.39 Å². The first kappa shape index (κ1) is 23.0. The Kier molecular flexibility index (Phi) is 6.79. The summed E-state index contributed by atoms with van der Waals surface area (Å²) in [6.07, 6.45) is 1.50. The molecule has 6 nitrogen and oxygen atoms in total. The molecule has 0 bridgehead atoms. The van der Waals surface area contributed by atoms with E-state index in [1.807, 2.05) is 13.8 Å². The Balaban J connectivity index is 1.71. The molecule has 0 aromatic heterocycles. The Morgan fingerprint density at radius 1 is 1.15 bits per heavy atom. The van der Waals surface area contributed by atoms with Crippen LogP contribution in [0.1, 0.15) is 43.9 Å². The number of carbonyl (C=O) groups excluding carboxylic acids is 2. The van der Waals surface area contributed by atoms with Crippen molar-refractivity contribution in [2.45, 2.75) is 38.8 Å². The van der Waals surface area contributed by atoms with Gasteiger partial charge in [0.15, 0.2) is 0 Å². The Hall–Kier alpha value is -3.19. The summed E-state index contributed by atoms with van der Waals surface area (Å²) in [6, 6.07) is 11.5. The molecule has 2 aromatic carbocycles. The molecular weight excluding hydrogens is 425 g/mol. The van der Waals surface area contributed by atoms with Crippen molar-refractivity contribution < 1.29 is 28.6 Å². The lowest BCUT2D eigenvalue weighted by Gasteiger charge is -2.27. The molecule has 0 radical (unpaired) electrons. The van der Waals surface area contributed by atoms with Crippen LogP contribution < -0.4 is 4.74 Å². The van der Waals surface area contributed by atoms with E-state index in [0.29, 0.717) is 36.0 Å². The van der Waals surface area contributed by atoms with Crippen molar-refractivity contribution in [2.75, 3.05) is 19.8 Å². The third kappa shape index (κ3) is 4.93. The topological polar surface area (TPSA) is 76.1 Å². The Morgan fingerprint density at radius 3 is 2.45 bits per heavy atom. The predicted octanol–water partition coefficient (Wildman–Crippen LogP) is 4.46. The number of rotatable bonds is 7. The van der Waals surface area contributed by atoms with Crippen LogP contribution in [0.2, 0.25) is 0 Å². The number of amides is 1. The van der Waals surface area contributed by atoms with Gasteiger partial charge in [0.2, 0.25) is 0 Å². The van der Waals surface area contributed by atoms with E-state index in [2.05, 4.69) is 0 Å². The van der Waals surface area contributed by atoms with Crippen molar-refractivity contribution in [2.24, 2.45) is 5.92 Å². The average molecular weight is 454 g/mol. The molecule has 0 spiro atoms. The fraction of sp³-hybridized carbons (Fsp3) is 0.385. The molecule has 2 aromatic rings. The lowest BCUT2D eigenvalue weighted by molar-refractivity contribution is -0.140. The lowest BCUT2D eigenvalue weighted by atomic mass is 9.95. The van der Waals surface area contributed by atoms with E-state index in [9.17, 15) is 19.1 Å². The number of aliphatic hydroxyl groups is 1. The van der Waals surface area contributed by atoms with Crippen LogP contribution in [0.5, 0.6) is 5.75 Å². The highest BCUT2D eigenvalue weighted by Crippen LogP contribution is 2.40. The Bertz CT molecular complexity index is 1040. The van der Waals surface area contributed by atoms with Gasteiger partial charge in [-0.3, -0.25) is 9.59 Å². The summed E-state index contributed by atoms with van der Waals surface area (Å²) in [5.41, 5.74) is 0.932. The van der Waals surface area contributed by atoms with Gasteiger partial charge >= 0.3 is 0 Å². The summed E-state index contributed by atoms with van der Waals surface area (Å²) in [7, 11) is 0. The van der Waals surface area contributed by atoms with Crippen LogP contribution in [0.15, 0.2) is 54.1 Å². The smallest absolute Gasteiger partial charge is 0.295 e. The van der Waals surface area contributed by atoms with Gasteiger partial charge in [-0.15, -0.1) is 0 Å². The number of ether oxygens (including phenoxy) is 2. The summed E-state index contributed by atoms with van der Waals surface area (Å²) in [5, 5.41) is 11.1. The summed E-state index contributed by atoms with van der Waals surface area (Å²) in [5.74, 6) is -1.14. The first-order chi connectivity index (χ1) is 15.8. The van der Waals surface area contributed by atoms with Gasteiger partial charge in [0.1, 0.15) is 17.3 Å². The van der Waals surface area contributed by atoms with E-state index < -0.39 is 23.5 Å². The monoisotopic (exact) mass is 453 g/mol. The molecule has 2 aliphatic rings. The largest absolute Gasteiger partial charge is 0.507 e. The maximum absolute atomic E-state index is 13.6. The second-order valence-electron chi connectivity index (χ2n) is 8.87. The minimum atomic E-state index is -0.827. The number of Topliss-reactive ketones (excluding diaryl/α,β-unsaturated/α-hetero) is 1. The maximum Gasteiger partial charge on any atom is 0.295 e. The van der Waals surface area contributed by atoms with Crippen molar-refractivity contribution in [3.05, 3.63) is 71.0 Å². The van der Waals surface area contributed by atoms with E-state index in [1.165, 1.54) is 29.2 Å². The van der Waals surface area contributed by atoms with E-state index in [4.69, 9.17) is 9.47 Å². The van der Waals surface area contributed by atoms with E-state index in [1.54, 1.807) is 24.3 Å². The minimum Gasteiger partial charge on any atom is -0.507 e. The molecule has 2 unspecified atom stereocenters. The minimum absolute atomic E-state index is 0.0135. The first-order valence-corrected chi connectivity index (χ1v) is 11.2. The van der Waals surface area contributed by atoms with Crippen LogP contribution in [0, 0.1) is 11.7 Å². The van der Waals surface area contributed by atoms with Crippen LogP contribution >= 0.6 is 0 Å². The molecule has 1 N–H and O–H groups in total. The van der Waals surface area contributed by atoms with Crippen molar-refractivity contribution in [3.63, 3.8) is 0 Å². The molecule has 0 saturated carbocycles. The first-order valence-electron chi connectivity index (χ1n) is 11.2. The Morgan fingerprint density at radius 2 is 1.85 bits per heavy atom. The van der Waals surface area contributed by atoms with Crippen molar-refractivity contribution >= 4 is 17.4 Å². The van der Waals surface area contributed by atoms with Crippen molar-refractivity contribution in [3.8, 4) is 5.75 Å². The van der Waals surface area contributed by atoms with Gasteiger partial charge in [0.25, 0.3) is 11.7 Å². The molecule has 0 aliphatic carbocycles. The standard InChI is InChI=1S/C26H28FNO5/c1-16(2)15-33-20-11-7-18(8-12-20)24(29)22-23(17-5-9-19(27)10-6-17)28(26(31)25(22)30)14-21-4-3-13-32-21/h5-12,16,21,23,29H,3-4,13-15H2,1-2H3/b24-22-. The van der Waals surface area contributed by atoms with Gasteiger partial charge < -0.3 is 19.5 Å². The van der Waals surface area contributed by atoms with E-state index in [0.717, 1.165) is 12.8 Å². The fourth-order valence-corrected chi connectivity index (χ4v) is 4.20. The number of carbonyl (C=O) groups is 2. The molecule has 4 rings (SSSR count). The zero-order valence-electron chi connectivity index (χ0n) is 18.8. The second kappa shape index (κ2) is 9.75. The van der Waals surface area contributed by atoms with Crippen LogP contribution in [-0.4, -0.2) is 47.6 Å². The van der Waals surface area contributed by atoms with Gasteiger partial charge in [0, 0.05) is 18.7 Å². The highest BCUT2D eigenvalue weighted by atomic mass is 19.1. The highest BCUT2D eigenvalue weighted by Gasteiger charge is 2.47. The summed E-state index contributed by atoms with van der Waals surface area (Å²) >= 11 is 0. The highest BCUT2D eigenvalue weighted by molar-refractivity contribution is 6.46. The number of ketones is 1. The third-order valence-corrected chi connectivity index (χ3v) is 5.86. The average Bonchev–Trinajstić information content (AvgIpc) is 3.41. The number of hydrogen-bond donors (Lipinski definition) is 1. The summed E-state index contributed by atoms with van der Waals surface area (Å²) in [6.45, 7) is 5.49. The molecule has 7 heteroatoms. The molecule has 33 heavy (non-hydrogen) atoms. The predicted molar refractivity (Wildman–Crippen MR) is 121 cm³/mol. The number of aliphatic hydroxyl groups excluding tert-OH is 1. The number of hydrogen-bond acceptors (Lipinski definition) is 5. The number of nitrogens with zero attached hydrogens (tertiary/aromatic N) is 1. The second-order valence-corrected chi connectivity index (χ2v) is 8.87. The number of benzene rings is 2. The van der Waals surface area contributed by atoms with Gasteiger partial charge in [0.05, 0.1) is 24.3 Å². The SMILES string of the molecule is CC(C)COc1ccc(/C(O)=C2/C(=O)C(=O)N(CC3CCCO3)C2c2ccc(F)cc2)cc1. The summed E-state index contributed by atoms with van der Waals surface area (Å²) < 4.78 is 24.9. The lowest BCUT2D eigenvalue weighted by Crippen LogP contribution is -2.36. The number of likely N-dealkylation sites (tertiary alicyclic amines) is 1. The van der Waals surface area contributed by atoms with Gasteiger partial charge in [-0.05, 0) is 60.7 Å². The van der Waals surface area contributed by atoms with Gasteiger partial charge in [-0.2, -0.15) is 0 Å². The van der Waals surface area contributed by atoms with E-state index in [-0.39, 0.29) is 24.0 Å².